The molecule has 0 unspecified atom stereocenters. The smallest absolute Gasteiger partial charge is 0.0977 e. The summed E-state index contributed by atoms with van der Waals surface area (Å²) >= 11 is 0. The predicted octanol–water partition coefficient (Wildman–Crippen LogP) is 6.78. The summed E-state index contributed by atoms with van der Waals surface area (Å²) in [6.07, 6.45) is 0. The van der Waals surface area contributed by atoms with E-state index in [-0.39, 0.29) is 0 Å². The quantitative estimate of drug-likeness (QED) is 0.287. The molecule has 30 heavy (non-hydrogen) atoms. The average Bonchev–Trinajstić information content (AvgIpc) is 2.75. The fraction of sp³-hybridized carbons (Fsp3) is 0.222. The van der Waals surface area contributed by atoms with E-state index in [0.29, 0.717) is 0 Å². The van der Waals surface area contributed by atoms with Gasteiger partial charge in [0.15, 0.2) is 0 Å². The van der Waals surface area contributed by atoms with Crippen molar-refractivity contribution in [2.45, 2.75) is 41.5 Å². The van der Waals surface area contributed by atoms with Gasteiger partial charge in [-0.1, -0.05) is 86.7 Å². The van der Waals surface area contributed by atoms with Gasteiger partial charge in [-0.05, 0) is 51.0 Å². The van der Waals surface area contributed by atoms with Crippen LogP contribution >= 0.6 is 0 Å². The highest BCUT2D eigenvalue weighted by molar-refractivity contribution is 6.12. The number of nitrogen functional groups attached to an aromatic ring is 1. The summed E-state index contributed by atoms with van der Waals surface area (Å²) in [5, 5.41) is 4.46. The molecule has 0 saturated heterocycles. The maximum atomic E-state index is 5.53. The van der Waals surface area contributed by atoms with Crippen LogP contribution in [0, 0.1) is 20.8 Å². The van der Waals surface area contributed by atoms with E-state index in [1.54, 1.807) is 0 Å². The molecule has 0 heterocycles. The van der Waals surface area contributed by atoms with Crippen LogP contribution in [0.4, 0.5) is 5.69 Å². The molecular formula is C27H35N3. The Morgan fingerprint density at radius 3 is 1.87 bits per heavy atom. The Balaban J connectivity index is 0.000000342. The van der Waals surface area contributed by atoms with E-state index < -0.39 is 0 Å². The first kappa shape index (κ1) is 24.7. The van der Waals surface area contributed by atoms with Crippen LogP contribution in [-0.4, -0.2) is 5.71 Å². The van der Waals surface area contributed by atoms with E-state index in [4.69, 9.17) is 5.73 Å². The van der Waals surface area contributed by atoms with Gasteiger partial charge in [-0.25, -0.2) is 0 Å². The second-order valence-electron chi connectivity index (χ2n) is 6.93. The van der Waals surface area contributed by atoms with Crippen molar-refractivity contribution in [1.29, 1.82) is 0 Å². The highest BCUT2D eigenvalue weighted by Crippen LogP contribution is 2.12. The molecule has 0 aromatic heterocycles. The number of aryl methyl sites for hydroxylation is 3. The topological polar surface area (TPSA) is 50.4 Å². The molecule has 0 saturated carbocycles. The normalized spacial score (nSPS) is 10.1. The van der Waals surface area contributed by atoms with E-state index >= 15 is 0 Å². The summed E-state index contributed by atoms with van der Waals surface area (Å²) in [4.78, 5) is 0. The van der Waals surface area contributed by atoms with Crippen molar-refractivity contribution in [2.24, 2.45) is 5.10 Å². The Morgan fingerprint density at radius 2 is 1.37 bits per heavy atom. The Morgan fingerprint density at radius 1 is 0.800 bits per heavy atom. The van der Waals surface area contributed by atoms with Crippen molar-refractivity contribution in [3.05, 3.63) is 113 Å². The van der Waals surface area contributed by atoms with Crippen LogP contribution in [0.15, 0.2) is 90.2 Å². The van der Waals surface area contributed by atoms with Crippen molar-refractivity contribution >= 4 is 11.4 Å². The highest BCUT2D eigenvalue weighted by Gasteiger charge is 2.06. The lowest BCUT2D eigenvalue weighted by atomic mass is 10.0. The number of nitrogens with one attached hydrogen (secondary N) is 1. The maximum Gasteiger partial charge on any atom is 0.0977 e. The molecule has 0 aliphatic rings. The van der Waals surface area contributed by atoms with E-state index in [2.05, 4.69) is 74.3 Å². The molecule has 0 spiro atoms. The van der Waals surface area contributed by atoms with Gasteiger partial charge in [0, 0.05) is 22.5 Å². The molecule has 3 aromatic carbocycles. The molecule has 0 aliphatic carbocycles. The molecule has 3 aromatic rings. The van der Waals surface area contributed by atoms with Crippen LogP contribution in [-0.2, 0) is 0 Å². The third kappa shape index (κ3) is 8.36. The second-order valence-corrected chi connectivity index (χ2v) is 6.93. The predicted molar refractivity (Wildman–Crippen MR) is 133 cm³/mol. The van der Waals surface area contributed by atoms with Crippen LogP contribution in [0.3, 0.4) is 0 Å². The van der Waals surface area contributed by atoms with Crippen molar-refractivity contribution in [2.75, 3.05) is 5.73 Å². The molecule has 3 heteroatoms. The Labute approximate surface area is 182 Å². The van der Waals surface area contributed by atoms with Crippen LogP contribution in [0.5, 0.6) is 0 Å². The third-order valence-electron chi connectivity index (χ3n) is 4.26. The number of rotatable bonds is 4. The number of nitrogens with two attached hydrogens (primary N) is 1. The van der Waals surface area contributed by atoms with Gasteiger partial charge in [-0.15, -0.1) is 0 Å². The zero-order chi connectivity index (χ0) is 22.5. The number of hydrogen-bond acceptors (Lipinski definition) is 3. The maximum absolute atomic E-state index is 5.53. The number of anilines is 1. The fourth-order valence-corrected chi connectivity index (χ4v) is 2.52. The molecule has 0 aliphatic heterocycles. The summed E-state index contributed by atoms with van der Waals surface area (Å²) in [5.74, 6) is 0. The fourth-order valence-electron chi connectivity index (χ4n) is 2.52. The van der Waals surface area contributed by atoms with Crippen LogP contribution in [0.1, 0.15) is 48.6 Å². The van der Waals surface area contributed by atoms with Crippen LogP contribution < -0.4 is 11.2 Å². The highest BCUT2D eigenvalue weighted by atomic mass is 15.3. The van der Waals surface area contributed by atoms with Crippen molar-refractivity contribution in [3.8, 4) is 0 Å². The zero-order valence-corrected chi connectivity index (χ0v) is 19.2. The zero-order valence-electron chi connectivity index (χ0n) is 19.2. The largest absolute Gasteiger partial charge is 0.399 e. The van der Waals surface area contributed by atoms with Crippen LogP contribution in [0.2, 0.25) is 0 Å². The lowest BCUT2D eigenvalue weighted by Gasteiger charge is -2.08. The minimum Gasteiger partial charge on any atom is -0.399 e. The van der Waals surface area contributed by atoms with Gasteiger partial charge >= 0.3 is 0 Å². The van der Waals surface area contributed by atoms with E-state index in [9.17, 15) is 0 Å². The standard InChI is InChI=1S/C17H18N2.C8H11N.C2H6/c1-13(2)18-19-17(15-7-5-4-6-8-15)16-11-9-14(3)10-12-16;1-6-3-4-8(9)5-7(6)2;1-2/h4-12,18H,1H2,2-3H3;3-5H,9H2,1-2H3;1-2H3/b19-17-;;. The van der Waals surface area contributed by atoms with Crippen molar-refractivity contribution in [1.82, 2.24) is 5.43 Å². The van der Waals surface area contributed by atoms with Gasteiger partial charge in [0.05, 0.1) is 5.71 Å². The van der Waals surface area contributed by atoms with Gasteiger partial charge in [-0.2, -0.15) is 5.10 Å². The summed E-state index contributed by atoms with van der Waals surface area (Å²) in [5.41, 5.74) is 17.0. The first-order chi connectivity index (χ1) is 14.4. The Kier molecular flexibility index (Phi) is 10.7. The summed E-state index contributed by atoms with van der Waals surface area (Å²) in [6, 6.07) is 24.4. The first-order valence-corrected chi connectivity index (χ1v) is 10.3. The molecule has 158 valence electrons. The molecule has 3 rings (SSSR count). The van der Waals surface area contributed by atoms with Gasteiger partial charge in [0.1, 0.15) is 0 Å². The first-order valence-electron chi connectivity index (χ1n) is 10.3. The third-order valence-corrected chi connectivity index (χ3v) is 4.26. The number of hydrogen-bond donors (Lipinski definition) is 2. The van der Waals surface area contributed by atoms with E-state index in [1.807, 2.05) is 57.2 Å². The lowest BCUT2D eigenvalue weighted by Crippen LogP contribution is -2.10. The number of nitrogens with zero attached hydrogens (tertiary/aromatic N) is 1. The van der Waals surface area contributed by atoms with Gasteiger partial charge in [-0.3, -0.25) is 5.43 Å². The van der Waals surface area contributed by atoms with Gasteiger partial charge < -0.3 is 5.73 Å². The van der Waals surface area contributed by atoms with Crippen LogP contribution in [0.25, 0.3) is 0 Å². The number of allylic oxidation sites excluding steroid dienone is 1. The lowest BCUT2D eigenvalue weighted by molar-refractivity contribution is 0.893. The van der Waals surface area contributed by atoms with Crippen molar-refractivity contribution < 1.29 is 0 Å². The molecule has 0 fully saturated rings. The molecule has 3 N–H and O–H groups in total. The van der Waals surface area contributed by atoms with Gasteiger partial charge in [0.2, 0.25) is 0 Å². The summed E-state index contributed by atoms with van der Waals surface area (Å²) < 4.78 is 0. The minimum absolute atomic E-state index is 0.820. The summed E-state index contributed by atoms with van der Waals surface area (Å²) in [6.45, 7) is 15.9. The van der Waals surface area contributed by atoms with E-state index in [0.717, 1.165) is 28.2 Å². The summed E-state index contributed by atoms with van der Waals surface area (Å²) in [7, 11) is 0. The molecule has 0 radical (unpaired) electrons. The number of benzene rings is 3. The molecule has 0 amide bonds. The Hall–Kier alpha value is -3.33. The Bertz CT molecular complexity index is 940. The minimum atomic E-state index is 0.820. The molecule has 0 atom stereocenters. The van der Waals surface area contributed by atoms with Gasteiger partial charge in [0.25, 0.3) is 0 Å². The monoisotopic (exact) mass is 401 g/mol. The second kappa shape index (κ2) is 13.0. The molecule has 0 bridgehead atoms. The molecule has 3 nitrogen and oxygen atoms in total. The molecular weight excluding hydrogens is 366 g/mol. The average molecular weight is 402 g/mol. The van der Waals surface area contributed by atoms with E-state index in [1.165, 1.54) is 16.7 Å². The van der Waals surface area contributed by atoms with Crippen molar-refractivity contribution in [3.63, 3.8) is 0 Å². The number of hydrazone groups is 1. The SMILES string of the molecule is C=C(C)N/N=C(/c1ccccc1)c1ccc(C)cc1.CC.Cc1ccc(N)cc1C.